The smallest absolute Gasteiger partial charge is 0.182 e. The van der Waals surface area contributed by atoms with E-state index in [9.17, 15) is 0 Å². The quantitative estimate of drug-likeness (QED) is 0.734. The fourth-order valence-electron chi connectivity index (χ4n) is 1.05. The van der Waals surface area contributed by atoms with Crippen molar-refractivity contribution in [1.82, 2.24) is 4.98 Å². The van der Waals surface area contributed by atoms with E-state index in [1.807, 2.05) is 11.6 Å². The van der Waals surface area contributed by atoms with Crippen LogP contribution in [0.4, 0.5) is 5.13 Å². The molecule has 0 amide bonds. The third-order valence-electron chi connectivity index (χ3n) is 1.77. The Hall–Kier alpha value is -0.610. The van der Waals surface area contributed by atoms with Crippen LogP contribution < -0.4 is 11.1 Å². The monoisotopic (exact) mass is 185 g/mol. The number of nitrogens with zero attached hydrogens (tertiary/aromatic N) is 1. The van der Waals surface area contributed by atoms with E-state index < -0.39 is 0 Å². The predicted molar refractivity (Wildman–Crippen MR) is 53.5 cm³/mol. The number of thiazole rings is 1. The lowest BCUT2D eigenvalue weighted by Gasteiger charge is -2.14. The molecule has 1 unspecified atom stereocenters. The highest BCUT2D eigenvalue weighted by molar-refractivity contribution is 7.13. The normalized spacial score (nSPS) is 12.8. The molecular formula is C8H15N3S. The van der Waals surface area contributed by atoms with E-state index in [1.165, 1.54) is 0 Å². The SMILES string of the molecule is CCC(CCN)Nc1nccs1. The van der Waals surface area contributed by atoms with Gasteiger partial charge in [0.2, 0.25) is 0 Å². The average Bonchev–Trinajstić information content (AvgIpc) is 2.56. The molecule has 4 heteroatoms. The molecule has 0 radical (unpaired) electrons. The summed E-state index contributed by atoms with van der Waals surface area (Å²) < 4.78 is 0. The molecule has 1 rings (SSSR count). The van der Waals surface area contributed by atoms with Crippen LogP contribution in [0.25, 0.3) is 0 Å². The lowest BCUT2D eigenvalue weighted by Crippen LogP contribution is -2.21. The highest BCUT2D eigenvalue weighted by Crippen LogP contribution is 2.13. The fourth-order valence-corrected chi connectivity index (χ4v) is 1.66. The van der Waals surface area contributed by atoms with Crippen LogP contribution in [0.5, 0.6) is 0 Å². The zero-order valence-corrected chi connectivity index (χ0v) is 8.10. The maximum atomic E-state index is 5.48. The molecule has 0 aliphatic heterocycles. The van der Waals surface area contributed by atoms with Gasteiger partial charge in [-0.25, -0.2) is 4.98 Å². The highest BCUT2D eigenvalue weighted by atomic mass is 32.1. The van der Waals surface area contributed by atoms with Gasteiger partial charge in [-0.2, -0.15) is 0 Å². The van der Waals surface area contributed by atoms with E-state index in [0.29, 0.717) is 6.04 Å². The fraction of sp³-hybridized carbons (Fsp3) is 0.625. The van der Waals surface area contributed by atoms with Crippen molar-refractivity contribution in [1.29, 1.82) is 0 Å². The van der Waals surface area contributed by atoms with Crippen molar-refractivity contribution in [3.8, 4) is 0 Å². The third kappa shape index (κ3) is 2.79. The van der Waals surface area contributed by atoms with Gasteiger partial charge in [-0.05, 0) is 19.4 Å². The van der Waals surface area contributed by atoms with Gasteiger partial charge in [0.05, 0.1) is 0 Å². The number of hydrogen-bond acceptors (Lipinski definition) is 4. The van der Waals surface area contributed by atoms with E-state index >= 15 is 0 Å². The Balaban J connectivity index is 2.37. The Kier molecular flexibility index (Phi) is 4.04. The molecule has 12 heavy (non-hydrogen) atoms. The van der Waals surface area contributed by atoms with Gasteiger partial charge in [-0.1, -0.05) is 6.92 Å². The van der Waals surface area contributed by atoms with Gasteiger partial charge in [0.25, 0.3) is 0 Å². The molecule has 68 valence electrons. The summed E-state index contributed by atoms with van der Waals surface area (Å²) in [7, 11) is 0. The lowest BCUT2D eigenvalue weighted by atomic mass is 10.1. The van der Waals surface area contributed by atoms with Crippen LogP contribution >= 0.6 is 11.3 Å². The largest absolute Gasteiger partial charge is 0.359 e. The summed E-state index contributed by atoms with van der Waals surface area (Å²) >= 11 is 1.63. The van der Waals surface area contributed by atoms with Gasteiger partial charge in [-0.3, -0.25) is 0 Å². The summed E-state index contributed by atoms with van der Waals surface area (Å²) in [5, 5.41) is 6.30. The summed E-state index contributed by atoms with van der Waals surface area (Å²) in [6, 6.07) is 0.473. The minimum atomic E-state index is 0.473. The topological polar surface area (TPSA) is 50.9 Å². The lowest BCUT2D eigenvalue weighted by molar-refractivity contribution is 0.641. The summed E-state index contributed by atoms with van der Waals surface area (Å²) in [5.41, 5.74) is 5.48. The Morgan fingerprint density at radius 2 is 2.58 bits per heavy atom. The van der Waals surface area contributed by atoms with Crippen LogP contribution in [0.2, 0.25) is 0 Å². The van der Waals surface area contributed by atoms with Gasteiger partial charge < -0.3 is 11.1 Å². The van der Waals surface area contributed by atoms with Crippen molar-refractivity contribution in [2.45, 2.75) is 25.8 Å². The minimum Gasteiger partial charge on any atom is -0.359 e. The second kappa shape index (κ2) is 5.11. The van der Waals surface area contributed by atoms with Gasteiger partial charge in [0.1, 0.15) is 0 Å². The molecule has 0 saturated carbocycles. The van der Waals surface area contributed by atoms with Gasteiger partial charge in [-0.15, -0.1) is 11.3 Å². The Morgan fingerprint density at radius 3 is 3.08 bits per heavy atom. The summed E-state index contributed by atoms with van der Waals surface area (Å²) in [5.74, 6) is 0. The first-order valence-corrected chi connectivity index (χ1v) is 5.11. The molecule has 0 spiro atoms. The van der Waals surface area contributed by atoms with Crippen molar-refractivity contribution < 1.29 is 0 Å². The maximum Gasteiger partial charge on any atom is 0.182 e. The number of nitrogens with one attached hydrogen (secondary N) is 1. The summed E-state index contributed by atoms with van der Waals surface area (Å²) in [4.78, 5) is 4.15. The number of rotatable bonds is 5. The number of nitrogens with two attached hydrogens (primary N) is 1. The maximum absolute atomic E-state index is 5.48. The van der Waals surface area contributed by atoms with Crippen molar-refractivity contribution >= 4 is 16.5 Å². The van der Waals surface area contributed by atoms with Crippen molar-refractivity contribution in [3.05, 3.63) is 11.6 Å². The van der Waals surface area contributed by atoms with Crippen molar-refractivity contribution in [2.75, 3.05) is 11.9 Å². The van der Waals surface area contributed by atoms with Crippen LogP contribution in [-0.2, 0) is 0 Å². The Bertz CT molecular complexity index is 198. The highest BCUT2D eigenvalue weighted by Gasteiger charge is 2.05. The molecule has 1 atom stereocenters. The molecule has 1 aromatic heterocycles. The van der Waals surface area contributed by atoms with Crippen LogP contribution in [0.3, 0.4) is 0 Å². The molecule has 3 nitrogen and oxygen atoms in total. The Labute approximate surface area is 77.0 Å². The molecule has 0 aliphatic rings. The van der Waals surface area contributed by atoms with Gasteiger partial charge in [0, 0.05) is 17.6 Å². The molecule has 0 bridgehead atoms. The first-order chi connectivity index (χ1) is 5.86. The predicted octanol–water partition coefficient (Wildman–Crippen LogP) is 1.68. The van der Waals surface area contributed by atoms with Gasteiger partial charge in [0.15, 0.2) is 5.13 Å². The first-order valence-electron chi connectivity index (χ1n) is 4.23. The molecule has 1 heterocycles. The van der Waals surface area contributed by atoms with E-state index in [2.05, 4.69) is 17.2 Å². The van der Waals surface area contributed by atoms with Crippen LogP contribution in [0.1, 0.15) is 19.8 Å². The third-order valence-corrected chi connectivity index (χ3v) is 2.47. The van der Waals surface area contributed by atoms with E-state index in [0.717, 1.165) is 24.5 Å². The zero-order valence-electron chi connectivity index (χ0n) is 7.29. The van der Waals surface area contributed by atoms with Crippen LogP contribution in [-0.4, -0.2) is 17.6 Å². The molecule has 0 aromatic carbocycles. The Morgan fingerprint density at radius 1 is 1.75 bits per heavy atom. The number of anilines is 1. The van der Waals surface area contributed by atoms with Crippen LogP contribution in [0, 0.1) is 0 Å². The average molecular weight is 185 g/mol. The summed E-state index contributed by atoms with van der Waals surface area (Å²) in [6.45, 7) is 2.89. The molecule has 3 N–H and O–H groups in total. The summed E-state index contributed by atoms with van der Waals surface area (Å²) in [6.07, 6.45) is 3.91. The zero-order chi connectivity index (χ0) is 8.81. The first kappa shape index (κ1) is 9.48. The second-order valence-corrected chi connectivity index (χ2v) is 3.56. The molecule has 0 aliphatic carbocycles. The second-order valence-electron chi connectivity index (χ2n) is 2.66. The number of aromatic nitrogens is 1. The molecule has 1 aromatic rings. The van der Waals surface area contributed by atoms with Crippen molar-refractivity contribution in [2.24, 2.45) is 5.73 Å². The minimum absolute atomic E-state index is 0.473. The molecule has 0 fully saturated rings. The van der Waals surface area contributed by atoms with E-state index in [-0.39, 0.29) is 0 Å². The molecular weight excluding hydrogens is 170 g/mol. The van der Waals surface area contributed by atoms with E-state index in [1.54, 1.807) is 11.3 Å². The molecule has 0 saturated heterocycles. The van der Waals surface area contributed by atoms with Gasteiger partial charge >= 0.3 is 0 Å². The number of hydrogen-bond donors (Lipinski definition) is 2. The standard InChI is InChI=1S/C8H15N3S/c1-2-7(3-4-9)11-8-10-5-6-12-8/h5-7H,2-4,9H2,1H3,(H,10,11). The van der Waals surface area contributed by atoms with E-state index in [4.69, 9.17) is 5.73 Å². The van der Waals surface area contributed by atoms with Crippen LogP contribution in [0.15, 0.2) is 11.6 Å². The van der Waals surface area contributed by atoms with Crippen molar-refractivity contribution in [3.63, 3.8) is 0 Å².